The van der Waals surface area contributed by atoms with Crippen LogP contribution in [0.1, 0.15) is 21.6 Å². The van der Waals surface area contributed by atoms with Gasteiger partial charge in [0.15, 0.2) is 5.92 Å². The number of aromatic nitrogens is 1. The van der Waals surface area contributed by atoms with Crippen molar-refractivity contribution in [2.24, 2.45) is 16.8 Å². The van der Waals surface area contributed by atoms with Crippen LogP contribution in [0.2, 0.25) is 0 Å². The topological polar surface area (TPSA) is 109 Å². The number of aromatic amines is 1. The number of anilines is 1. The smallest absolute Gasteiger partial charge is 0.265 e. The van der Waals surface area contributed by atoms with E-state index in [0.29, 0.717) is 22.5 Å². The lowest BCUT2D eigenvalue weighted by molar-refractivity contribution is -0.128. The molecule has 134 valence electrons. The SMILES string of the molecule is Cc1ccccc1C(=O)c1cc2ccc(N3N=CC(C(N)=O)C3=O)cc2[nH]1. The second kappa shape index (κ2) is 6.21. The maximum atomic E-state index is 12.8. The van der Waals surface area contributed by atoms with E-state index in [-0.39, 0.29) is 5.78 Å². The molecule has 2 aromatic carbocycles. The Morgan fingerprint density at radius 1 is 1.15 bits per heavy atom. The van der Waals surface area contributed by atoms with Gasteiger partial charge < -0.3 is 10.7 Å². The highest BCUT2D eigenvalue weighted by Gasteiger charge is 2.33. The number of rotatable bonds is 4. The zero-order chi connectivity index (χ0) is 19.1. The Hall–Kier alpha value is -3.74. The fourth-order valence-electron chi connectivity index (χ4n) is 3.12. The van der Waals surface area contributed by atoms with E-state index < -0.39 is 17.7 Å². The summed E-state index contributed by atoms with van der Waals surface area (Å²) in [6.45, 7) is 1.89. The van der Waals surface area contributed by atoms with Crippen molar-refractivity contribution in [2.75, 3.05) is 5.01 Å². The molecule has 7 heteroatoms. The number of nitrogens with two attached hydrogens (primary N) is 1. The van der Waals surface area contributed by atoms with Crippen LogP contribution in [0.5, 0.6) is 0 Å². The molecular weight excluding hydrogens is 344 g/mol. The standard InChI is InChI=1S/C20H16N4O3/c1-11-4-2-3-5-14(11)18(25)17-8-12-6-7-13(9-16(12)23-17)24-20(27)15(10-22-24)19(21)26/h2-10,15,23H,1H3,(H2,21,26). The van der Waals surface area contributed by atoms with Crippen molar-refractivity contribution in [2.45, 2.75) is 6.92 Å². The van der Waals surface area contributed by atoms with Gasteiger partial charge in [0, 0.05) is 22.7 Å². The normalized spacial score (nSPS) is 16.3. The number of ketones is 1. The molecular formula is C20H16N4O3. The van der Waals surface area contributed by atoms with E-state index in [1.165, 1.54) is 6.21 Å². The molecule has 0 spiro atoms. The van der Waals surface area contributed by atoms with E-state index in [4.69, 9.17) is 5.73 Å². The van der Waals surface area contributed by atoms with Gasteiger partial charge in [0.25, 0.3) is 5.91 Å². The van der Waals surface area contributed by atoms with E-state index in [1.54, 1.807) is 30.3 Å². The fourth-order valence-corrected chi connectivity index (χ4v) is 3.12. The Morgan fingerprint density at radius 2 is 1.93 bits per heavy atom. The van der Waals surface area contributed by atoms with Crippen molar-refractivity contribution in [3.8, 4) is 0 Å². The lowest BCUT2D eigenvalue weighted by atomic mass is 10.0. The Kier molecular flexibility index (Phi) is 3.84. The van der Waals surface area contributed by atoms with Crippen molar-refractivity contribution in [3.05, 3.63) is 65.4 Å². The Balaban J connectivity index is 1.68. The number of hydrogen-bond acceptors (Lipinski definition) is 4. The predicted octanol–water partition coefficient (Wildman–Crippen LogP) is 2.14. The maximum absolute atomic E-state index is 12.8. The van der Waals surface area contributed by atoms with Crippen LogP contribution >= 0.6 is 0 Å². The Labute approximate surface area is 154 Å². The molecule has 0 saturated heterocycles. The van der Waals surface area contributed by atoms with Crippen LogP contribution in [0, 0.1) is 12.8 Å². The number of primary amides is 1. The van der Waals surface area contributed by atoms with Crippen molar-refractivity contribution < 1.29 is 14.4 Å². The van der Waals surface area contributed by atoms with Gasteiger partial charge in [0.1, 0.15) is 0 Å². The Bertz CT molecular complexity index is 1130. The first-order valence-corrected chi connectivity index (χ1v) is 8.36. The Morgan fingerprint density at radius 3 is 2.63 bits per heavy atom. The highest BCUT2D eigenvalue weighted by molar-refractivity contribution is 6.21. The summed E-state index contributed by atoms with van der Waals surface area (Å²) in [6.07, 6.45) is 1.23. The third-order valence-electron chi connectivity index (χ3n) is 4.60. The predicted molar refractivity (Wildman–Crippen MR) is 102 cm³/mol. The molecule has 1 aromatic heterocycles. The number of nitrogens with zero attached hydrogens (tertiary/aromatic N) is 2. The molecule has 0 aliphatic carbocycles. The van der Waals surface area contributed by atoms with Crippen molar-refractivity contribution in [1.29, 1.82) is 0 Å². The lowest BCUT2D eigenvalue weighted by Crippen LogP contribution is -2.34. The van der Waals surface area contributed by atoms with Gasteiger partial charge in [-0.3, -0.25) is 14.4 Å². The zero-order valence-corrected chi connectivity index (χ0v) is 14.5. The van der Waals surface area contributed by atoms with Gasteiger partial charge in [-0.2, -0.15) is 10.1 Å². The molecule has 1 aliphatic rings. The number of hydrazone groups is 1. The van der Waals surface area contributed by atoms with Crippen LogP contribution in [0.4, 0.5) is 5.69 Å². The van der Waals surface area contributed by atoms with Crippen molar-refractivity contribution in [1.82, 2.24) is 4.98 Å². The van der Waals surface area contributed by atoms with Crippen LogP contribution in [0.15, 0.2) is 53.6 Å². The monoisotopic (exact) mass is 360 g/mol. The summed E-state index contributed by atoms with van der Waals surface area (Å²) < 4.78 is 0. The van der Waals surface area contributed by atoms with Crippen molar-refractivity contribution in [3.63, 3.8) is 0 Å². The second-order valence-electron chi connectivity index (χ2n) is 6.39. The van der Waals surface area contributed by atoms with Gasteiger partial charge >= 0.3 is 0 Å². The second-order valence-corrected chi connectivity index (χ2v) is 6.39. The summed E-state index contributed by atoms with van der Waals surface area (Å²) in [5.74, 6) is -2.39. The van der Waals surface area contributed by atoms with Gasteiger partial charge in [-0.15, -0.1) is 0 Å². The van der Waals surface area contributed by atoms with Crippen LogP contribution < -0.4 is 10.7 Å². The molecule has 3 aromatic rings. The van der Waals surface area contributed by atoms with Gasteiger partial charge in [0.2, 0.25) is 11.7 Å². The van der Waals surface area contributed by atoms with Crippen LogP contribution in [-0.4, -0.2) is 28.8 Å². The van der Waals surface area contributed by atoms with E-state index in [9.17, 15) is 14.4 Å². The first-order chi connectivity index (χ1) is 13.0. The molecule has 2 heterocycles. The summed E-state index contributed by atoms with van der Waals surface area (Å²) in [4.78, 5) is 39.4. The minimum Gasteiger partial charge on any atom is -0.369 e. The number of aryl methyl sites for hydroxylation is 1. The fraction of sp³-hybridized carbons (Fsp3) is 0.100. The average molecular weight is 360 g/mol. The molecule has 3 N–H and O–H groups in total. The third kappa shape index (κ3) is 2.79. The zero-order valence-electron chi connectivity index (χ0n) is 14.5. The van der Waals surface area contributed by atoms with E-state index >= 15 is 0 Å². The number of carbonyl (C=O) groups excluding carboxylic acids is 3. The number of H-pyrrole nitrogens is 1. The number of hydrogen-bond donors (Lipinski definition) is 2. The molecule has 2 amide bonds. The van der Waals surface area contributed by atoms with Crippen LogP contribution in [0.25, 0.3) is 10.9 Å². The lowest BCUT2D eigenvalue weighted by Gasteiger charge is -2.13. The first-order valence-electron chi connectivity index (χ1n) is 8.36. The highest BCUT2D eigenvalue weighted by Crippen LogP contribution is 2.27. The number of nitrogens with one attached hydrogen (secondary N) is 1. The summed E-state index contributed by atoms with van der Waals surface area (Å²) in [5.41, 5.74) is 8.37. The summed E-state index contributed by atoms with van der Waals surface area (Å²) in [5, 5.41) is 5.94. The quantitative estimate of drug-likeness (QED) is 0.549. The molecule has 0 bridgehead atoms. The molecule has 1 unspecified atom stereocenters. The maximum Gasteiger partial charge on any atom is 0.265 e. The van der Waals surface area contributed by atoms with Crippen LogP contribution in [-0.2, 0) is 9.59 Å². The highest BCUT2D eigenvalue weighted by atomic mass is 16.2. The summed E-state index contributed by atoms with van der Waals surface area (Å²) in [6, 6.07) is 14.4. The average Bonchev–Trinajstić information content (AvgIpc) is 3.24. The van der Waals surface area contributed by atoms with Crippen LogP contribution in [0.3, 0.4) is 0 Å². The molecule has 27 heavy (non-hydrogen) atoms. The third-order valence-corrected chi connectivity index (χ3v) is 4.60. The van der Waals surface area contributed by atoms with Gasteiger partial charge in [-0.1, -0.05) is 30.3 Å². The number of amides is 2. The largest absolute Gasteiger partial charge is 0.369 e. The molecule has 0 saturated carbocycles. The molecule has 7 nitrogen and oxygen atoms in total. The minimum absolute atomic E-state index is 0.102. The van der Waals surface area contributed by atoms with E-state index in [1.807, 2.05) is 25.1 Å². The number of benzene rings is 2. The van der Waals surface area contributed by atoms with E-state index in [0.717, 1.165) is 16.0 Å². The summed E-state index contributed by atoms with van der Waals surface area (Å²) >= 11 is 0. The minimum atomic E-state index is -1.05. The number of fused-ring (bicyclic) bond motifs is 1. The van der Waals surface area contributed by atoms with Gasteiger partial charge in [-0.25, -0.2) is 0 Å². The van der Waals surface area contributed by atoms with Crippen molar-refractivity contribution >= 4 is 40.4 Å². The first kappa shape index (κ1) is 16.7. The molecule has 0 fully saturated rings. The number of carbonyl (C=O) groups is 3. The molecule has 1 aliphatic heterocycles. The van der Waals surface area contributed by atoms with E-state index in [2.05, 4.69) is 10.1 Å². The summed E-state index contributed by atoms with van der Waals surface area (Å²) in [7, 11) is 0. The molecule has 1 atom stereocenters. The molecule has 0 radical (unpaired) electrons. The van der Waals surface area contributed by atoms with Gasteiger partial charge in [-0.05, 0) is 30.7 Å². The van der Waals surface area contributed by atoms with Gasteiger partial charge in [0.05, 0.1) is 11.4 Å². The molecule has 4 rings (SSSR count).